The molecule has 134 valence electrons. The summed E-state index contributed by atoms with van der Waals surface area (Å²) in [6, 6.07) is 7.04. The second kappa shape index (κ2) is 10.5. The molecule has 0 N–H and O–H groups in total. The summed E-state index contributed by atoms with van der Waals surface area (Å²) < 4.78 is 0. The van der Waals surface area contributed by atoms with Crippen LogP contribution in [0.4, 0.5) is 0 Å². The average Bonchev–Trinajstić information content (AvgIpc) is 2.87. The van der Waals surface area contributed by atoms with Crippen LogP contribution in [0, 0.1) is 0 Å². The van der Waals surface area contributed by atoms with Crippen molar-refractivity contribution in [2.45, 2.75) is 57.8 Å². The van der Waals surface area contributed by atoms with Crippen molar-refractivity contribution < 1.29 is 9.59 Å². The van der Waals surface area contributed by atoms with Crippen LogP contribution in [0.3, 0.4) is 0 Å². The quantitative estimate of drug-likeness (QED) is 0.174. The van der Waals surface area contributed by atoms with Gasteiger partial charge in [0.25, 0.3) is 11.8 Å². The highest BCUT2D eigenvalue weighted by molar-refractivity contribution is 6.21. The maximum atomic E-state index is 12.2. The van der Waals surface area contributed by atoms with Gasteiger partial charge >= 0.3 is 0 Å². The zero-order valence-electron chi connectivity index (χ0n) is 14.7. The molecule has 1 aromatic carbocycles. The Morgan fingerprint density at radius 1 is 0.800 bits per heavy atom. The molecule has 0 aromatic heterocycles. The van der Waals surface area contributed by atoms with Crippen LogP contribution in [0.15, 0.2) is 29.4 Å². The molecule has 0 radical (unpaired) electrons. The van der Waals surface area contributed by atoms with Gasteiger partial charge in [-0.25, -0.2) is 0 Å². The second-order valence-corrected chi connectivity index (χ2v) is 6.44. The molecular weight excluding hydrogens is 316 g/mol. The van der Waals surface area contributed by atoms with Crippen LogP contribution in [0.5, 0.6) is 0 Å². The fraction of sp³-hybridized carbons (Fsp3) is 0.579. The Bertz CT molecular complexity index is 603. The van der Waals surface area contributed by atoms with Gasteiger partial charge < -0.3 is 0 Å². The summed E-state index contributed by atoms with van der Waals surface area (Å²) in [6.45, 7) is 1.13. The topological polar surface area (TPSA) is 86.1 Å². The third-order valence-electron chi connectivity index (χ3n) is 4.58. The number of fused-ring (bicyclic) bond motifs is 1. The summed E-state index contributed by atoms with van der Waals surface area (Å²) in [7, 11) is 0. The highest BCUT2D eigenvalue weighted by atomic mass is 16.2. The number of hydrogen-bond donors (Lipinski definition) is 0. The predicted molar refractivity (Wildman–Crippen MR) is 97.4 cm³/mol. The van der Waals surface area contributed by atoms with Crippen LogP contribution in [0.1, 0.15) is 78.5 Å². The van der Waals surface area contributed by atoms with Crippen molar-refractivity contribution in [2.75, 3.05) is 13.1 Å². The van der Waals surface area contributed by atoms with Gasteiger partial charge in [-0.15, -0.1) is 0 Å². The number of unbranched alkanes of at least 4 members (excludes halogenated alkanes) is 8. The largest absolute Gasteiger partial charge is 0.274 e. The predicted octanol–water partition coefficient (Wildman–Crippen LogP) is 5.10. The van der Waals surface area contributed by atoms with Crippen molar-refractivity contribution in [3.63, 3.8) is 0 Å². The lowest BCUT2D eigenvalue weighted by Crippen LogP contribution is -2.30. The van der Waals surface area contributed by atoms with Crippen LogP contribution >= 0.6 is 0 Å². The monoisotopic (exact) mass is 342 g/mol. The van der Waals surface area contributed by atoms with Gasteiger partial charge in [-0.2, -0.15) is 0 Å². The number of hydrogen-bond acceptors (Lipinski definition) is 3. The molecule has 0 bridgehead atoms. The van der Waals surface area contributed by atoms with Crippen molar-refractivity contribution in [3.05, 3.63) is 45.8 Å². The van der Waals surface area contributed by atoms with Crippen LogP contribution in [-0.4, -0.2) is 29.8 Å². The minimum Gasteiger partial charge on any atom is -0.274 e. The number of carbonyl (C=O) groups is 2. The molecule has 0 unspecified atom stereocenters. The van der Waals surface area contributed by atoms with E-state index in [1.54, 1.807) is 24.3 Å². The van der Waals surface area contributed by atoms with Crippen molar-refractivity contribution in [2.24, 2.45) is 5.11 Å². The van der Waals surface area contributed by atoms with Crippen molar-refractivity contribution >= 4 is 11.8 Å². The summed E-state index contributed by atoms with van der Waals surface area (Å²) >= 11 is 0. The normalized spacial score (nSPS) is 13.0. The zero-order chi connectivity index (χ0) is 17.9. The third-order valence-corrected chi connectivity index (χ3v) is 4.58. The van der Waals surface area contributed by atoms with Crippen LogP contribution in [0.2, 0.25) is 0 Å². The van der Waals surface area contributed by atoms with Gasteiger partial charge in [0, 0.05) is 18.0 Å². The Labute approximate surface area is 148 Å². The summed E-state index contributed by atoms with van der Waals surface area (Å²) in [6.07, 6.45) is 9.98. The van der Waals surface area contributed by atoms with Gasteiger partial charge in [-0.1, -0.05) is 62.2 Å². The van der Waals surface area contributed by atoms with E-state index in [1.807, 2.05) is 0 Å². The number of imide groups is 1. The Balaban J connectivity index is 1.51. The summed E-state index contributed by atoms with van der Waals surface area (Å²) in [5, 5.41) is 3.52. The zero-order valence-corrected chi connectivity index (χ0v) is 14.7. The number of rotatable bonds is 12. The lowest BCUT2D eigenvalue weighted by atomic mass is 10.1. The molecule has 6 heteroatoms. The van der Waals surface area contributed by atoms with Crippen LogP contribution in [-0.2, 0) is 0 Å². The minimum atomic E-state index is -0.152. The van der Waals surface area contributed by atoms with E-state index >= 15 is 0 Å². The molecule has 0 atom stereocenters. The molecule has 1 aromatic rings. The minimum absolute atomic E-state index is 0.152. The first-order chi connectivity index (χ1) is 12.3. The number of azide groups is 1. The van der Waals surface area contributed by atoms with Crippen molar-refractivity contribution in [1.29, 1.82) is 0 Å². The number of carbonyl (C=O) groups excluding carboxylic acids is 2. The van der Waals surface area contributed by atoms with E-state index in [0.29, 0.717) is 24.2 Å². The second-order valence-electron chi connectivity index (χ2n) is 6.44. The van der Waals surface area contributed by atoms with Gasteiger partial charge in [0.2, 0.25) is 0 Å². The van der Waals surface area contributed by atoms with Crippen LogP contribution in [0.25, 0.3) is 10.4 Å². The molecule has 0 saturated carbocycles. The van der Waals surface area contributed by atoms with Crippen molar-refractivity contribution in [1.82, 2.24) is 4.90 Å². The first kappa shape index (κ1) is 19.0. The highest BCUT2D eigenvalue weighted by Crippen LogP contribution is 2.23. The van der Waals surface area contributed by atoms with Gasteiger partial charge in [0.15, 0.2) is 0 Å². The molecule has 6 nitrogen and oxygen atoms in total. The van der Waals surface area contributed by atoms with Gasteiger partial charge in [-0.05, 0) is 30.5 Å². The molecule has 0 aliphatic carbocycles. The van der Waals surface area contributed by atoms with E-state index in [0.717, 1.165) is 32.1 Å². The molecule has 0 fully saturated rings. The number of benzene rings is 1. The SMILES string of the molecule is [N-]=[N+]=NCCCCCCCCCCCN1C(=O)c2ccccc2C1=O. The Morgan fingerprint density at radius 2 is 1.28 bits per heavy atom. The highest BCUT2D eigenvalue weighted by Gasteiger charge is 2.34. The van der Waals surface area contributed by atoms with E-state index in [2.05, 4.69) is 10.0 Å². The number of amides is 2. The van der Waals surface area contributed by atoms with Gasteiger partial charge in [-0.3, -0.25) is 14.5 Å². The molecule has 25 heavy (non-hydrogen) atoms. The van der Waals surface area contributed by atoms with E-state index < -0.39 is 0 Å². The fourth-order valence-corrected chi connectivity index (χ4v) is 3.18. The van der Waals surface area contributed by atoms with E-state index in [1.165, 1.54) is 30.6 Å². The summed E-state index contributed by atoms with van der Waals surface area (Å²) in [5.41, 5.74) is 9.24. The lowest BCUT2D eigenvalue weighted by Gasteiger charge is -2.13. The lowest BCUT2D eigenvalue weighted by molar-refractivity contribution is 0.0651. The maximum Gasteiger partial charge on any atom is 0.261 e. The van der Waals surface area contributed by atoms with Gasteiger partial charge in [0.05, 0.1) is 11.1 Å². The Morgan fingerprint density at radius 3 is 1.80 bits per heavy atom. The molecule has 2 amide bonds. The average molecular weight is 342 g/mol. The van der Waals surface area contributed by atoms with E-state index in [-0.39, 0.29) is 11.8 Å². The summed E-state index contributed by atoms with van der Waals surface area (Å²) in [5.74, 6) is -0.303. The first-order valence-electron chi connectivity index (χ1n) is 9.22. The first-order valence-corrected chi connectivity index (χ1v) is 9.22. The summed E-state index contributed by atoms with van der Waals surface area (Å²) in [4.78, 5) is 28.6. The molecule has 1 heterocycles. The third kappa shape index (κ3) is 5.61. The Kier molecular flexibility index (Phi) is 7.99. The Hall–Kier alpha value is -2.33. The number of nitrogens with zero attached hydrogens (tertiary/aromatic N) is 4. The van der Waals surface area contributed by atoms with E-state index in [4.69, 9.17) is 5.53 Å². The van der Waals surface area contributed by atoms with Gasteiger partial charge in [0.1, 0.15) is 0 Å². The molecule has 2 rings (SSSR count). The molecular formula is C19H26N4O2. The van der Waals surface area contributed by atoms with E-state index in [9.17, 15) is 9.59 Å². The van der Waals surface area contributed by atoms with Crippen LogP contribution < -0.4 is 0 Å². The standard InChI is InChI=1S/C19H26N4O2/c20-22-21-14-10-6-4-2-1-3-5-7-11-15-23-18(24)16-12-8-9-13-17(16)19(23)25/h8-9,12-13H,1-7,10-11,14-15H2. The maximum absolute atomic E-state index is 12.2. The molecule has 1 aliphatic heterocycles. The molecule has 1 aliphatic rings. The smallest absolute Gasteiger partial charge is 0.261 e. The van der Waals surface area contributed by atoms with Crippen molar-refractivity contribution in [3.8, 4) is 0 Å². The fourth-order valence-electron chi connectivity index (χ4n) is 3.18. The molecule has 0 spiro atoms. The molecule has 0 saturated heterocycles.